The van der Waals surface area contributed by atoms with Crippen molar-refractivity contribution in [3.05, 3.63) is 64.7 Å². The first-order valence-corrected chi connectivity index (χ1v) is 12.0. The Morgan fingerprint density at radius 2 is 1.65 bits per heavy atom. The summed E-state index contributed by atoms with van der Waals surface area (Å²) < 4.78 is 11.1. The zero-order valence-corrected chi connectivity index (χ0v) is 20.7. The lowest BCUT2D eigenvalue weighted by molar-refractivity contribution is -0.119. The highest BCUT2D eigenvalue weighted by molar-refractivity contribution is 6.04. The molecule has 1 saturated carbocycles. The third kappa shape index (κ3) is 6.25. The van der Waals surface area contributed by atoms with Gasteiger partial charge in [-0.25, -0.2) is 9.59 Å². The third-order valence-electron chi connectivity index (χ3n) is 6.80. The second-order valence-electron chi connectivity index (χ2n) is 9.69. The van der Waals surface area contributed by atoms with Gasteiger partial charge in [0.05, 0.1) is 11.1 Å². The van der Waals surface area contributed by atoms with Crippen LogP contribution in [0.4, 0.5) is 5.69 Å². The molecular formula is C28H35NO5. The van der Waals surface area contributed by atoms with Gasteiger partial charge in [0.25, 0.3) is 5.91 Å². The summed E-state index contributed by atoms with van der Waals surface area (Å²) in [5, 5.41) is 2.76. The van der Waals surface area contributed by atoms with Crippen LogP contribution in [0.1, 0.15) is 71.9 Å². The average molecular weight is 466 g/mol. The van der Waals surface area contributed by atoms with Gasteiger partial charge in [-0.15, -0.1) is 0 Å². The van der Waals surface area contributed by atoms with Crippen LogP contribution in [0.25, 0.3) is 0 Å². The monoisotopic (exact) mass is 465 g/mol. The highest BCUT2D eigenvalue weighted by Crippen LogP contribution is 2.36. The first-order valence-electron chi connectivity index (χ1n) is 12.0. The van der Waals surface area contributed by atoms with Crippen LogP contribution in [-0.4, -0.2) is 30.6 Å². The van der Waals surface area contributed by atoms with E-state index in [-0.39, 0.29) is 17.2 Å². The molecule has 0 saturated heterocycles. The SMILES string of the molecule is Cc1cccc(NC(=O)COC(=O)c2ccccc2C(=O)O[C@@H]2C[C@@H](C)CC[C@@H]2C(C)C)c1C. The topological polar surface area (TPSA) is 81.7 Å². The Morgan fingerprint density at radius 3 is 2.32 bits per heavy atom. The van der Waals surface area contributed by atoms with Gasteiger partial charge in [-0.3, -0.25) is 4.79 Å². The molecule has 0 spiro atoms. The first-order chi connectivity index (χ1) is 16.2. The van der Waals surface area contributed by atoms with Crippen molar-refractivity contribution in [2.24, 2.45) is 17.8 Å². The fraction of sp³-hybridized carbons (Fsp3) is 0.464. The molecule has 0 radical (unpaired) electrons. The molecule has 1 amide bonds. The second kappa shape index (κ2) is 11.3. The Labute approximate surface area is 202 Å². The summed E-state index contributed by atoms with van der Waals surface area (Å²) in [6.45, 7) is 9.89. The molecule has 0 unspecified atom stereocenters. The number of rotatable bonds is 7. The molecule has 0 bridgehead atoms. The number of ether oxygens (including phenoxy) is 2. The largest absolute Gasteiger partial charge is 0.458 e. The minimum Gasteiger partial charge on any atom is -0.458 e. The van der Waals surface area contributed by atoms with Gasteiger partial charge in [0.1, 0.15) is 6.10 Å². The number of esters is 2. The first kappa shape index (κ1) is 25.5. The third-order valence-corrected chi connectivity index (χ3v) is 6.80. The molecule has 0 aromatic heterocycles. The number of hydrogen-bond donors (Lipinski definition) is 1. The van der Waals surface area contributed by atoms with Crippen LogP contribution in [0.5, 0.6) is 0 Å². The molecule has 1 aliphatic carbocycles. The van der Waals surface area contributed by atoms with Crippen LogP contribution in [-0.2, 0) is 14.3 Å². The van der Waals surface area contributed by atoms with E-state index >= 15 is 0 Å². The maximum atomic E-state index is 13.1. The fourth-order valence-electron chi connectivity index (χ4n) is 4.57. The van der Waals surface area contributed by atoms with E-state index in [0.717, 1.165) is 30.4 Å². The van der Waals surface area contributed by atoms with Gasteiger partial charge in [0.15, 0.2) is 6.61 Å². The van der Waals surface area contributed by atoms with E-state index < -0.39 is 24.5 Å². The number of anilines is 1. The number of nitrogens with one attached hydrogen (secondary N) is 1. The molecule has 6 nitrogen and oxygen atoms in total. The fourth-order valence-corrected chi connectivity index (χ4v) is 4.57. The maximum Gasteiger partial charge on any atom is 0.339 e. The number of benzene rings is 2. The van der Waals surface area contributed by atoms with Crippen molar-refractivity contribution in [3.8, 4) is 0 Å². The number of amides is 1. The standard InChI is InChI=1S/C28H35NO5/c1-17(2)21-14-13-18(3)15-25(21)34-28(32)23-11-7-6-10-22(23)27(31)33-16-26(30)29-24-12-8-9-19(4)20(24)5/h6-12,17-18,21,25H,13-16H2,1-5H3,(H,29,30)/t18-,21+,25+/m0/s1. The van der Waals surface area contributed by atoms with Crippen molar-refractivity contribution in [2.75, 3.05) is 11.9 Å². The van der Waals surface area contributed by atoms with Gasteiger partial charge in [0.2, 0.25) is 0 Å². The molecule has 3 rings (SSSR count). The van der Waals surface area contributed by atoms with Crippen LogP contribution in [0.2, 0.25) is 0 Å². The van der Waals surface area contributed by atoms with E-state index in [4.69, 9.17) is 9.47 Å². The molecular weight excluding hydrogens is 430 g/mol. The highest BCUT2D eigenvalue weighted by atomic mass is 16.5. The van der Waals surface area contributed by atoms with E-state index in [0.29, 0.717) is 23.4 Å². The Bertz CT molecular complexity index is 1040. The Morgan fingerprint density at radius 1 is 0.971 bits per heavy atom. The predicted molar refractivity (Wildman–Crippen MR) is 132 cm³/mol. The molecule has 1 N–H and O–H groups in total. The Kier molecular flexibility index (Phi) is 8.48. The van der Waals surface area contributed by atoms with Gasteiger partial charge >= 0.3 is 11.9 Å². The van der Waals surface area contributed by atoms with Crippen molar-refractivity contribution in [3.63, 3.8) is 0 Å². The average Bonchev–Trinajstić information content (AvgIpc) is 2.80. The summed E-state index contributed by atoms with van der Waals surface area (Å²) >= 11 is 0. The summed E-state index contributed by atoms with van der Waals surface area (Å²) in [5.41, 5.74) is 2.92. The number of carbonyl (C=O) groups excluding carboxylic acids is 3. The second-order valence-corrected chi connectivity index (χ2v) is 9.69. The van der Waals surface area contributed by atoms with Crippen molar-refractivity contribution >= 4 is 23.5 Å². The molecule has 2 aromatic carbocycles. The van der Waals surface area contributed by atoms with Crippen LogP contribution >= 0.6 is 0 Å². The van der Waals surface area contributed by atoms with Crippen LogP contribution in [0, 0.1) is 31.6 Å². The lowest BCUT2D eigenvalue weighted by atomic mass is 9.75. The summed E-state index contributed by atoms with van der Waals surface area (Å²) in [7, 11) is 0. The van der Waals surface area contributed by atoms with E-state index in [2.05, 4.69) is 26.1 Å². The Hall–Kier alpha value is -3.15. The number of hydrogen-bond acceptors (Lipinski definition) is 5. The smallest absolute Gasteiger partial charge is 0.339 e. The summed E-state index contributed by atoms with van der Waals surface area (Å²) in [6.07, 6.45) is 2.79. The van der Waals surface area contributed by atoms with Crippen molar-refractivity contribution in [1.29, 1.82) is 0 Å². The van der Waals surface area contributed by atoms with E-state index in [1.807, 2.05) is 26.0 Å². The number of aryl methyl sites for hydroxylation is 1. The number of carbonyl (C=O) groups is 3. The minimum atomic E-state index is -0.735. The van der Waals surface area contributed by atoms with Crippen molar-refractivity contribution in [1.82, 2.24) is 0 Å². The van der Waals surface area contributed by atoms with E-state index in [9.17, 15) is 14.4 Å². The maximum absolute atomic E-state index is 13.1. The van der Waals surface area contributed by atoms with E-state index in [1.54, 1.807) is 24.3 Å². The molecule has 1 fully saturated rings. The van der Waals surface area contributed by atoms with Crippen molar-refractivity contribution in [2.45, 2.75) is 60.0 Å². The molecule has 182 valence electrons. The van der Waals surface area contributed by atoms with Gasteiger partial charge in [-0.1, -0.05) is 51.5 Å². The van der Waals surface area contributed by atoms with Crippen LogP contribution in [0.3, 0.4) is 0 Å². The zero-order chi connectivity index (χ0) is 24.8. The van der Waals surface area contributed by atoms with Gasteiger partial charge in [-0.05, 0) is 73.8 Å². The quantitative estimate of drug-likeness (QED) is 0.529. The zero-order valence-electron chi connectivity index (χ0n) is 20.7. The molecule has 1 aliphatic rings. The van der Waals surface area contributed by atoms with Gasteiger partial charge in [0, 0.05) is 5.69 Å². The highest BCUT2D eigenvalue weighted by Gasteiger charge is 2.34. The molecule has 0 aliphatic heterocycles. The van der Waals surface area contributed by atoms with Gasteiger partial charge in [-0.2, -0.15) is 0 Å². The molecule has 3 atom stereocenters. The normalized spacial score (nSPS) is 20.0. The van der Waals surface area contributed by atoms with E-state index in [1.165, 1.54) is 6.07 Å². The molecule has 0 heterocycles. The minimum absolute atomic E-state index is 0.0944. The lowest BCUT2D eigenvalue weighted by Crippen LogP contribution is -2.36. The summed E-state index contributed by atoms with van der Waals surface area (Å²) in [4.78, 5) is 38.2. The summed E-state index contributed by atoms with van der Waals surface area (Å²) in [6, 6.07) is 12.0. The molecule has 2 aromatic rings. The van der Waals surface area contributed by atoms with Crippen LogP contribution < -0.4 is 5.32 Å². The lowest BCUT2D eigenvalue weighted by Gasteiger charge is -2.36. The van der Waals surface area contributed by atoms with Crippen LogP contribution in [0.15, 0.2) is 42.5 Å². The van der Waals surface area contributed by atoms with Gasteiger partial charge < -0.3 is 14.8 Å². The molecule has 34 heavy (non-hydrogen) atoms. The van der Waals surface area contributed by atoms with Crippen molar-refractivity contribution < 1.29 is 23.9 Å². The summed E-state index contributed by atoms with van der Waals surface area (Å²) in [5.74, 6) is -0.519. The Balaban J connectivity index is 1.65. The molecule has 6 heteroatoms. The predicted octanol–water partition coefficient (Wildman–Crippen LogP) is 5.72.